The van der Waals surface area contributed by atoms with E-state index in [9.17, 15) is 4.79 Å². The molecule has 1 fully saturated rings. The summed E-state index contributed by atoms with van der Waals surface area (Å²) in [7, 11) is 0. The predicted octanol–water partition coefficient (Wildman–Crippen LogP) is 3.36. The number of hydrogen-bond acceptors (Lipinski definition) is 3. The van der Waals surface area contributed by atoms with Gasteiger partial charge in [-0.25, -0.2) is 5.43 Å². The van der Waals surface area contributed by atoms with Crippen molar-refractivity contribution >= 4 is 11.6 Å². The maximum Gasteiger partial charge on any atom is 0.277 e. The van der Waals surface area contributed by atoms with Crippen LogP contribution in [-0.2, 0) is 4.79 Å². The minimum Gasteiger partial charge on any atom is -0.484 e. The Bertz CT molecular complexity index is 507. The van der Waals surface area contributed by atoms with Crippen molar-refractivity contribution in [2.24, 2.45) is 11.0 Å². The van der Waals surface area contributed by atoms with Crippen LogP contribution in [0.2, 0.25) is 0 Å². The second-order valence-electron chi connectivity index (χ2n) is 6.01. The standard InChI is InChI=1S/C17H24N2O2/c1-12-4-6-15(7-5-12)18-19-17(20)11-21-16-9-13(2)8-14(3)10-16/h8-10,12H,4-7,11H2,1-3H3,(H,19,20). The number of nitrogens with zero attached hydrogens (tertiary/aromatic N) is 1. The molecule has 0 saturated heterocycles. The fourth-order valence-corrected chi connectivity index (χ4v) is 2.55. The van der Waals surface area contributed by atoms with E-state index in [4.69, 9.17) is 4.74 Å². The van der Waals surface area contributed by atoms with Gasteiger partial charge in [-0.3, -0.25) is 4.79 Å². The van der Waals surface area contributed by atoms with E-state index in [0.29, 0.717) is 0 Å². The average molecular weight is 288 g/mol. The van der Waals surface area contributed by atoms with Gasteiger partial charge in [-0.2, -0.15) is 5.10 Å². The smallest absolute Gasteiger partial charge is 0.277 e. The Morgan fingerprint density at radius 3 is 2.48 bits per heavy atom. The molecule has 1 amide bonds. The van der Waals surface area contributed by atoms with Gasteiger partial charge in [0.05, 0.1) is 0 Å². The molecule has 21 heavy (non-hydrogen) atoms. The molecule has 2 rings (SSSR count). The first kappa shape index (κ1) is 15.5. The lowest BCUT2D eigenvalue weighted by atomic mass is 9.90. The van der Waals surface area contributed by atoms with Gasteiger partial charge < -0.3 is 4.74 Å². The minimum absolute atomic E-state index is 0.00389. The second kappa shape index (κ2) is 7.25. The van der Waals surface area contributed by atoms with E-state index in [-0.39, 0.29) is 12.5 Å². The first-order chi connectivity index (χ1) is 10.0. The van der Waals surface area contributed by atoms with Crippen LogP contribution in [0.1, 0.15) is 43.7 Å². The Kier molecular flexibility index (Phi) is 5.37. The molecule has 1 N–H and O–H groups in total. The normalized spacial score (nSPS) is 18.2. The zero-order chi connectivity index (χ0) is 15.2. The van der Waals surface area contributed by atoms with Crippen molar-refractivity contribution in [2.75, 3.05) is 6.61 Å². The molecule has 4 heteroatoms. The molecule has 0 unspecified atom stereocenters. The summed E-state index contributed by atoms with van der Waals surface area (Å²) >= 11 is 0. The highest BCUT2D eigenvalue weighted by atomic mass is 16.5. The lowest BCUT2D eigenvalue weighted by Crippen LogP contribution is -2.26. The number of nitrogens with one attached hydrogen (secondary N) is 1. The number of ether oxygens (including phenoxy) is 1. The first-order valence-electron chi connectivity index (χ1n) is 7.58. The molecule has 1 saturated carbocycles. The van der Waals surface area contributed by atoms with Crippen molar-refractivity contribution in [3.05, 3.63) is 29.3 Å². The highest BCUT2D eigenvalue weighted by Crippen LogP contribution is 2.21. The van der Waals surface area contributed by atoms with E-state index in [0.717, 1.165) is 54.2 Å². The van der Waals surface area contributed by atoms with Crippen LogP contribution in [0.5, 0.6) is 5.75 Å². The molecule has 0 aliphatic heterocycles. The van der Waals surface area contributed by atoms with Crippen molar-refractivity contribution < 1.29 is 9.53 Å². The van der Waals surface area contributed by atoms with Gasteiger partial charge in [0.15, 0.2) is 6.61 Å². The van der Waals surface area contributed by atoms with Crippen LogP contribution in [0.3, 0.4) is 0 Å². The largest absolute Gasteiger partial charge is 0.484 e. The monoisotopic (exact) mass is 288 g/mol. The van der Waals surface area contributed by atoms with Gasteiger partial charge in [0.2, 0.25) is 0 Å². The number of amides is 1. The highest BCUT2D eigenvalue weighted by Gasteiger charge is 2.13. The molecular formula is C17H24N2O2. The molecular weight excluding hydrogens is 264 g/mol. The molecule has 1 aliphatic rings. The summed E-state index contributed by atoms with van der Waals surface area (Å²) in [6, 6.07) is 5.92. The van der Waals surface area contributed by atoms with Crippen LogP contribution >= 0.6 is 0 Å². The fourth-order valence-electron chi connectivity index (χ4n) is 2.55. The zero-order valence-corrected chi connectivity index (χ0v) is 13.1. The number of benzene rings is 1. The van der Waals surface area contributed by atoms with E-state index in [1.54, 1.807) is 0 Å². The summed E-state index contributed by atoms with van der Waals surface area (Å²) in [5, 5.41) is 4.20. The molecule has 0 heterocycles. The summed E-state index contributed by atoms with van der Waals surface area (Å²) in [5.41, 5.74) is 5.93. The zero-order valence-electron chi connectivity index (χ0n) is 13.1. The number of hydrazone groups is 1. The maximum atomic E-state index is 11.8. The average Bonchev–Trinajstić information content (AvgIpc) is 2.43. The predicted molar refractivity (Wildman–Crippen MR) is 84.6 cm³/mol. The lowest BCUT2D eigenvalue weighted by Gasteiger charge is -2.18. The third-order valence-electron chi connectivity index (χ3n) is 3.76. The van der Waals surface area contributed by atoms with Crippen molar-refractivity contribution in [2.45, 2.75) is 46.5 Å². The molecule has 114 valence electrons. The van der Waals surface area contributed by atoms with Crippen LogP contribution in [0, 0.1) is 19.8 Å². The van der Waals surface area contributed by atoms with E-state index >= 15 is 0 Å². The number of carbonyl (C=O) groups is 1. The maximum absolute atomic E-state index is 11.8. The summed E-state index contributed by atoms with van der Waals surface area (Å²) in [5.74, 6) is 1.29. The third kappa shape index (κ3) is 5.21. The number of carbonyl (C=O) groups excluding carboxylic acids is 1. The molecule has 1 aromatic carbocycles. The Labute approximate surface area is 126 Å². The molecule has 0 aromatic heterocycles. The number of hydrogen-bond donors (Lipinski definition) is 1. The van der Waals surface area contributed by atoms with Crippen molar-refractivity contribution in [1.82, 2.24) is 5.43 Å². The Hall–Kier alpha value is -1.84. The quantitative estimate of drug-likeness (QED) is 0.864. The van der Waals surface area contributed by atoms with Gasteiger partial charge in [-0.15, -0.1) is 0 Å². The van der Waals surface area contributed by atoms with Crippen LogP contribution in [-0.4, -0.2) is 18.2 Å². The van der Waals surface area contributed by atoms with Gasteiger partial charge in [0.1, 0.15) is 5.75 Å². The van der Waals surface area contributed by atoms with Crippen LogP contribution in [0.4, 0.5) is 0 Å². The van der Waals surface area contributed by atoms with Gasteiger partial charge in [-0.05, 0) is 68.7 Å². The summed E-state index contributed by atoms with van der Waals surface area (Å²) in [6.07, 6.45) is 4.29. The van der Waals surface area contributed by atoms with Gasteiger partial charge in [-0.1, -0.05) is 13.0 Å². The van der Waals surface area contributed by atoms with Crippen molar-refractivity contribution in [1.29, 1.82) is 0 Å². The van der Waals surface area contributed by atoms with Crippen LogP contribution < -0.4 is 10.2 Å². The van der Waals surface area contributed by atoms with Crippen LogP contribution in [0.25, 0.3) is 0 Å². The lowest BCUT2D eigenvalue weighted by molar-refractivity contribution is -0.123. The highest BCUT2D eigenvalue weighted by molar-refractivity contribution is 5.87. The van der Waals surface area contributed by atoms with E-state index < -0.39 is 0 Å². The molecule has 0 atom stereocenters. The van der Waals surface area contributed by atoms with Gasteiger partial charge in [0, 0.05) is 5.71 Å². The summed E-state index contributed by atoms with van der Waals surface area (Å²) in [6.45, 7) is 6.27. The molecule has 1 aromatic rings. The number of aryl methyl sites for hydroxylation is 2. The van der Waals surface area contributed by atoms with E-state index in [1.807, 2.05) is 26.0 Å². The van der Waals surface area contributed by atoms with Crippen LogP contribution in [0.15, 0.2) is 23.3 Å². The van der Waals surface area contributed by atoms with Crippen molar-refractivity contribution in [3.63, 3.8) is 0 Å². The molecule has 0 bridgehead atoms. The summed E-state index contributed by atoms with van der Waals surface area (Å²) in [4.78, 5) is 11.8. The first-order valence-corrected chi connectivity index (χ1v) is 7.58. The Morgan fingerprint density at radius 1 is 1.24 bits per heavy atom. The topological polar surface area (TPSA) is 50.7 Å². The minimum atomic E-state index is -0.208. The fraction of sp³-hybridized carbons (Fsp3) is 0.529. The van der Waals surface area contributed by atoms with Crippen molar-refractivity contribution in [3.8, 4) is 5.75 Å². The second-order valence-corrected chi connectivity index (χ2v) is 6.01. The molecule has 0 radical (unpaired) electrons. The Balaban J connectivity index is 1.78. The third-order valence-corrected chi connectivity index (χ3v) is 3.76. The molecule has 1 aliphatic carbocycles. The van der Waals surface area contributed by atoms with E-state index in [2.05, 4.69) is 23.5 Å². The Morgan fingerprint density at radius 2 is 1.86 bits per heavy atom. The van der Waals surface area contributed by atoms with Gasteiger partial charge in [0.25, 0.3) is 5.91 Å². The summed E-state index contributed by atoms with van der Waals surface area (Å²) < 4.78 is 5.51. The SMILES string of the molecule is Cc1cc(C)cc(OCC(=O)NN=C2CCC(C)CC2)c1. The van der Waals surface area contributed by atoms with E-state index in [1.165, 1.54) is 0 Å². The van der Waals surface area contributed by atoms with Gasteiger partial charge >= 0.3 is 0 Å². The molecule has 4 nitrogen and oxygen atoms in total. The molecule has 0 spiro atoms. The number of rotatable bonds is 4.